The lowest BCUT2D eigenvalue weighted by molar-refractivity contribution is 0.0988. The number of amides is 1. The topological polar surface area (TPSA) is 20.3 Å². The molecule has 0 radical (unpaired) electrons. The van der Waals surface area contributed by atoms with Gasteiger partial charge in [0.1, 0.15) is 0 Å². The average molecular weight is 332 g/mol. The summed E-state index contributed by atoms with van der Waals surface area (Å²) in [7, 11) is 0. The van der Waals surface area contributed by atoms with E-state index in [0.717, 1.165) is 21.3 Å². The van der Waals surface area contributed by atoms with Crippen LogP contribution in [0.15, 0.2) is 46.9 Å². The monoisotopic (exact) mass is 331 g/mol. The van der Waals surface area contributed by atoms with Crippen molar-refractivity contribution in [3.8, 4) is 0 Å². The highest BCUT2D eigenvalue weighted by molar-refractivity contribution is 9.10. The highest BCUT2D eigenvalue weighted by Crippen LogP contribution is 2.22. The molecule has 0 aliphatic heterocycles. The Balaban J connectivity index is 2.36. The zero-order valence-corrected chi connectivity index (χ0v) is 13.6. The van der Waals surface area contributed by atoms with Gasteiger partial charge in [0, 0.05) is 22.3 Å². The van der Waals surface area contributed by atoms with Gasteiger partial charge in [-0.2, -0.15) is 0 Å². The van der Waals surface area contributed by atoms with Gasteiger partial charge in [-0.1, -0.05) is 34.1 Å². The molecule has 0 aromatic heterocycles. The van der Waals surface area contributed by atoms with E-state index in [1.807, 2.05) is 63.2 Å². The fourth-order valence-corrected chi connectivity index (χ4v) is 2.50. The SMILES string of the molecule is CCN(C(=O)c1ccc(C)c(Br)c1)c1cccc(C)c1. The number of hydrogen-bond donors (Lipinski definition) is 0. The van der Waals surface area contributed by atoms with Crippen LogP contribution in [-0.2, 0) is 0 Å². The first-order chi connectivity index (χ1) is 9.52. The number of anilines is 1. The van der Waals surface area contributed by atoms with Crippen molar-refractivity contribution in [2.75, 3.05) is 11.4 Å². The summed E-state index contributed by atoms with van der Waals surface area (Å²) >= 11 is 3.48. The maximum atomic E-state index is 12.7. The van der Waals surface area contributed by atoms with Crippen molar-refractivity contribution in [2.24, 2.45) is 0 Å². The fraction of sp³-hybridized carbons (Fsp3) is 0.235. The van der Waals surface area contributed by atoms with Gasteiger partial charge in [0.2, 0.25) is 0 Å². The Morgan fingerprint density at radius 2 is 1.90 bits per heavy atom. The van der Waals surface area contributed by atoms with Crippen LogP contribution in [0.25, 0.3) is 0 Å². The summed E-state index contributed by atoms with van der Waals surface area (Å²) in [4.78, 5) is 14.5. The van der Waals surface area contributed by atoms with Crippen LogP contribution in [0.1, 0.15) is 28.4 Å². The largest absolute Gasteiger partial charge is 0.309 e. The van der Waals surface area contributed by atoms with E-state index in [4.69, 9.17) is 0 Å². The van der Waals surface area contributed by atoms with Gasteiger partial charge in [-0.3, -0.25) is 4.79 Å². The van der Waals surface area contributed by atoms with Crippen molar-refractivity contribution in [2.45, 2.75) is 20.8 Å². The number of rotatable bonds is 3. The van der Waals surface area contributed by atoms with Crippen molar-refractivity contribution in [3.63, 3.8) is 0 Å². The zero-order chi connectivity index (χ0) is 14.7. The van der Waals surface area contributed by atoms with E-state index in [1.54, 1.807) is 4.90 Å². The Bertz CT molecular complexity index is 637. The maximum Gasteiger partial charge on any atom is 0.258 e. The van der Waals surface area contributed by atoms with Crippen molar-refractivity contribution in [3.05, 3.63) is 63.6 Å². The van der Waals surface area contributed by atoms with Gasteiger partial charge < -0.3 is 4.90 Å². The molecule has 0 aliphatic rings. The van der Waals surface area contributed by atoms with E-state index in [9.17, 15) is 4.79 Å². The lowest BCUT2D eigenvalue weighted by Crippen LogP contribution is -2.30. The van der Waals surface area contributed by atoms with E-state index in [-0.39, 0.29) is 5.91 Å². The van der Waals surface area contributed by atoms with Crippen LogP contribution < -0.4 is 4.90 Å². The van der Waals surface area contributed by atoms with E-state index >= 15 is 0 Å². The van der Waals surface area contributed by atoms with Gasteiger partial charge in [0.25, 0.3) is 5.91 Å². The Morgan fingerprint density at radius 1 is 1.15 bits per heavy atom. The molecule has 0 aliphatic carbocycles. The maximum absolute atomic E-state index is 12.7. The smallest absolute Gasteiger partial charge is 0.258 e. The highest BCUT2D eigenvalue weighted by atomic mass is 79.9. The van der Waals surface area contributed by atoms with Crippen molar-refractivity contribution < 1.29 is 4.79 Å². The molecule has 0 unspecified atom stereocenters. The third-order valence-electron chi connectivity index (χ3n) is 3.29. The first-order valence-corrected chi connectivity index (χ1v) is 7.47. The minimum absolute atomic E-state index is 0.0267. The molecule has 2 rings (SSSR count). The van der Waals surface area contributed by atoms with Crippen LogP contribution in [0.5, 0.6) is 0 Å². The summed E-state index contributed by atoms with van der Waals surface area (Å²) in [6, 6.07) is 13.7. The number of halogens is 1. The van der Waals surface area contributed by atoms with Crippen molar-refractivity contribution in [1.82, 2.24) is 0 Å². The molecule has 0 spiro atoms. The number of nitrogens with zero attached hydrogens (tertiary/aromatic N) is 1. The first-order valence-electron chi connectivity index (χ1n) is 6.67. The standard InChI is InChI=1S/C17H18BrNO/c1-4-19(15-7-5-6-12(2)10-15)17(20)14-9-8-13(3)16(18)11-14/h5-11H,4H2,1-3H3. The van der Waals surface area contributed by atoms with E-state index in [2.05, 4.69) is 15.9 Å². The van der Waals surface area contributed by atoms with Gasteiger partial charge >= 0.3 is 0 Å². The number of carbonyl (C=O) groups is 1. The first kappa shape index (κ1) is 14.8. The summed E-state index contributed by atoms with van der Waals surface area (Å²) in [6.45, 7) is 6.68. The molecule has 2 aromatic rings. The van der Waals surface area contributed by atoms with E-state index in [1.165, 1.54) is 0 Å². The van der Waals surface area contributed by atoms with Gasteiger partial charge in [0.05, 0.1) is 0 Å². The summed E-state index contributed by atoms with van der Waals surface area (Å²) in [6.07, 6.45) is 0. The molecule has 0 fully saturated rings. The number of carbonyl (C=O) groups excluding carboxylic acids is 1. The summed E-state index contributed by atoms with van der Waals surface area (Å²) < 4.78 is 0.962. The Morgan fingerprint density at radius 3 is 2.50 bits per heavy atom. The molecule has 2 aromatic carbocycles. The quantitative estimate of drug-likeness (QED) is 0.795. The fourth-order valence-electron chi connectivity index (χ4n) is 2.12. The van der Waals surface area contributed by atoms with Crippen LogP contribution in [-0.4, -0.2) is 12.5 Å². The molecule has 3 heteroatoms. The summed E-state index contributed by atoms with van der Waals surface area (Å²) in [5.74, 6) is 0.0267. The molecule has 0 saturated carbocycles. The molecule has 0 saturated heterocycles. The molecule has 0 N–H and O–H groups in total. The van der Waals surface area contributed by atoms with Crippen molar-refractivity contribution >= 4 is 27.5 Å². The normalized spacial score (nSPS) is 10.4. The minimum atomic E-state index is 0.0267. The Hall–Kier alpha value is -1.61. The Kier molecular flexibility index (Phi) is 4.61. The molecule has 0 bridgehead atoms. The highest BCUT2D eigenvalue weighted by Gasteiger charge is 2.16. The van der Waals surface area contributed by atoms with Crippen LogP contribution in [0, 0.1) is 13.8 Å². The van der Waals surface area contributed by atoms with Gasteiger partial charge in [-0.25, -0.2) is 0 Å². The molecule has 20 heavy (non-hydrogen) atoms. The molecule has 0 heterocycles. The molecule has 1 amide bonds. The van der Waals surface area contributed by atoms with E-state index in [0.29, 0.717) is 12.1 Å². The van der Waals surface area contributed by atoms with Crippen molar-refractivity contribution in [1.29, 1.82) is 0 Å². The minimum Gasteiger partial charge on any atom is -0.309 e. The van der Waals surface area contributed by atoms with Gasteiger partial charge in [0.15, 0.2) is 0 Å². The molecule has 104 valence electrons. The van der Waals surface area contributed by atoms with Crippen LogP contribution >= 0.6 is 15.9 Å². The summed E-state index contributed by atoms with van der Waals surface area (Å²) in [5.41, 5.74) is 3.92. The van der Waals surface area contributed by atoms with Crippen LogP contribution in [0.4, 0.5) is 5.69 Å². The lowest BCUT2D eigenvalue weighted by Gasteiger charge is -2.22. The number of benzene rings is 2. The molecular weight excluding hydrogens is 314 g/mol. The zero-order valence-electron chi connectivity index (χ0n) is 12.0. The Labute approximate surface area is 128 Å². The third-order valence-corrected chi connectivity index (χ3v) is 4.15. The van der Waals surface area contributed by atoms with Gasteiger partial charge in [-0.05, 0) is 56.2 Å². The number of aryl methyl sites for hydroxylation is 2. The second-order valence-electron chi connectivity index (χ2n) is 4.85. The van der Waals surface area contributed by atoms with Gasteiger partial charge in [-0.15, -0.1) is 0 Å². The van der Waals surface area contributed by atoms with Crippen LogP contribution in [0.2, 0.25) is 0 Å². The lowest BCUT2D eigenvalue weighted by atomic mass is 10.1. The average Bonchev–Trinajstić information content (AvgIpc) is 2.42. The molecule has 2 nitrogen and oxygen atoms in total. The second kappa shape index (κ2) is 6.23. The second-order valence-corrected chi connectivity index (χ2v) is 5.71. The molecular formula is C17H18BrNO. The third kappa shape index (κ3) is 3.10. The van der Waals surface area contributed by atoms with Crippen LogP contribution in [0.3, 0.4) is 0 Å². The van der Waals surface area contributed by atoms with E-state index < -0.39 is 0 Å². The predicted molar refractivity (Wildman–Crippen MR) is 87.4 cm³/mol. The number of hydrogen-bond acceptors (Lipinski definition) is 1. The predicted octanol–water partition coefficient (Wildman–Crippen LogP) is 4.73. The molecule has 0 atom stereocenters. The summed E-state index contributed by atoms with van der Waals surface area (Å²) in [5, 5.41) is 0.